The highest BCUT2D eigenvalue weighted by Gasteiger charge is 2.06. The van der Waals surface area contributed by atoms with E-state index in [1.165, 1.54) is 0 Å². The zero-order valence-corrected chi connectivity index (χ0v) is 8.93. The average Bonchev–Trinajstić information content (AvgIpc) is 2.15. The van der Waals surface area contributed by atoms with E-state index < -0.39 is 0 Å². The number of fused-ring (bicyclic) bond motifs is 1. The molecular formula is C9H6BrClN2. The van der Waals surface area contributed by atoms with E-state index in [0.717, 1.165) is 15.4 Å². The Bertz CT molecular complexity index is 470. The number of halogens is 2. The topological polar surface area (TPSA) is 38.9 Å². The minimum atomic E-state index is 0.587. The summed E-state index contributed by atoms with van der Waals surface area (Å²) < 4.78 is 0.731. The molecule has 2 rings (SSSR count). The molecule has 2 aromatic rings. The average molecular weight is 258 g/mol. The third-order valence-electron chi connectivity index (χ3n) is 1.84. The van der Waals surface area contributed by atoms with E-state index in [1.807, 2.05) is 12.1 Å². The SMILES string of the molecule is Nc1c(Br)c(Cl)cc2ncccc12. The van der Waals surface area contributed by atoms with Crippen LogP contribution in [0.2, 0.25) is 5.02 Å². The van der Waals surface area contributed by atoms with E-state index in [1.54, 1.807) is 12.3 Å². The van der Waals surface area contributed by atoms with Crippen molar-refractivity contribution < 1.29 is 0 Å². The number of nitrogens with two attached hydrogens (primary N) is 1. The van der Waals surface area contributed by atoms with Crippen molar-refractivity contribution in [2.45, 2.75) is 0 Å². The highest BCUT2D eigenvalue weighted by Crippen LogP contribution is 2.34. The molecule has 1 heterocycles. The molecule has 0 bridgehead atoms. The number of pyridine rings is 1. The van der Waals surface area contributed by atoms with Crippen LogP contribution in [0, 0.1) is 0 Å². The summed E-state index contributed by atoms with van der Waals surface area (Å²) in [4.78, 5) is 4.16. The molecule has 1 aromatic carbocycles. The fourth-order valence-electron chi connectivity index (χ4n) is 1.19. The number of anilines is 1. The maximum atomic E-state index is 5.93. The minimum absolute atomic E-state index is 0.587. The van der Waals surface area contributed by atoms with Gasteiger partial charge in [-0.05, 0) is 34.1 Å². The molecule has 1 aromatic heterocycles. The number of rotatable bonds is 0. The third kappa shape index (κ3) is 1.38. The standard InChI is InChI=1S/C9H6BrClN2/c10-8-6(11)4-7-5(9(8)12)2-1-3-13-7/h1-4H,12H2. The van der Waals surface area contributed by atoms with Gasteiger partial charge in [0.2, 0.25) is 0 Å². The highest BCUT2D eigenvalue weighted by molar-refractivity contribution is 9.10. The maximum absolute atomic E-state index is 5.93. The zero-order valence-electron chi connectivity index (χ0n) is 6.59. The molecule has 0 unspecified atom stereocenters. The van der Waals surface area contributed by atoms with Crippen LogP contribution in [0.1, 0.15) is 0 Å². The summed E-state index contributed by atoms with van der Waals surface area (Å²) in [6.07, 6.45) is 1.71. The molecule has 13 heavy (non-hydrogen) atoms. The van der Waals surface area contributed by atoms with Gasteiger partial charge in [-0.2, -0.15) is 0 Å². The smallest absolute Gasteiger partial charge is 0.0738 e. The van der Waals surface area contributed by atoms with Crippen molar-refractivity contribution in [3.63, 3.8) is 0 Å². The van der Waals surface area contributed by atoms with Gasteiger partial charge in [0, 0.05) is 11.6 Å². The molecule has 0 radical (unpaired) electrons. The van der Waals surface area contributed by atoms with E-state index in [0.29, 0.717) is 10.7 Å². The first-order valence-corrected chi connectivity index (χ1v) is 4.85. The number of benzene rings is 1. The predicted octanol–water partition coefficient (Wildman–Crippen LogP) is 3.23. The van der Waals surface area contributed by atoms with Crippen molar-refractivity contribution in [2.75, 3.05) is 5.73 Å². The fraction of sp³-hybridized carbons (Fsp3) is 0. The van der Waals surface area contributed by atoms with E-state index in [4.69, 9.17) is 17.3 Å². The molecule has 0 spiro atoms. The van der Waals surface area contributed by atoms with Crippen molar-refractivity contribution in [3.05, 3.63) is 33.9 Å². The largest absolute Gasteiger partial charge is 0.397 e. The summed E-state index contributed by atoms with van der Waals surface area (Å²) in [7, 11) is 0. The molecule has 0 aliphatic rings. The van der Waals surface area contributed by atoms with Gasteiger partial charge in [-0.25, -0.2) is 0 Å². The van der Waals surface area contributed by atoms with Gasteiger partial charge >= 0.3 is 0 Å². The van der Waals surface area contributed by atoms with Gasteiger partial charge in [-0.15, -0.1) is 0 Å². The Kier molecular flexibility index (Phi) is 2.14. The summed E-state index contributed by atoms with van der Waals surface area (Å²) in [5.74, 6) is 0. The van der Waals surface area contributed by atoms with Gasteiger partial charge in [-0.1, -0.05) is 11.6 Å². The van der Waals surface area contributed by atoms with Crippen LogP contribution < -0.4 is 5.73 Å². The van der Waals surface area contributed by atoms with Crippen LogP contribution in [0.25, 0.3) is 10.9 Å². The van der Waals surface area contributed by atoms with Gasteiger partial charge in [0.05, 0.1) is 20.7 Å². The van der Waals surface area contributed by atoms with Crippen LogP contribution in [0.5, 0.6) is 0 Å². The Balaban J connectivity index is 2.94. The minimum Gasteiger partial charge on any atom is -0.397 e. The molecule has 66 valence electrons. The Morgan fingerprint density at radius 3 is 3.00 bits per heavy atom. The molecule has 0 atom stereocenters. The van der Waals surface area contributed by atoms with Crippen molar-refractivity contribution in [1.29, 1.82) is 0 Å². The first-order valence-electron chi connectivity index (χ1n) is 3.68. The lowest BCUT2D eigenvalue weighted by atomic mass is 10.2. The van der Waals surface area contributed by atoms with E-state index in [2.05, 4.69) is 20.9 Å². The Hall–Kier alpha value is -0.800. The van der Waals surface area contributed by atoms with Crippen LogP contribution >= 0.6 is 27.5 Å². The maximum Gasteiger partial charge on any atom is 0.0738 e. The van der Waals surface area contributed by atoms with Crippen LogP contribution in [-0.2, 0) is 0 Å². The predicted molar refractivity (Wildman–Crippen MR) is 58.9 cm³/mol. The van der Waals surface area contributed by atoms with Gasteiger partial charge < -0.3 is 5.73 Å². The first kappa shape index (κ1) is 8.78. The summed E-state index contributed by atoms with van der Waals surface area (Å²) in [6.45, 7) is 0. The molecule has 0 fully saturated rings. The van der Waals surface area contributed by atoms with Gasteiger partial charge in [0.25, 0.3) is 0 Å². The van der Waals surface area contributed by atoms with Gasteiger partial charge in [-0.3, -0.25) is 4.98 Å². The Morgan fingerprint density at radius 1 is 1.46 bits per heavy atom. The highest BCUT2D eigenvalue weighted by atomic mass is 79.9. The number of nitrogens with zero attached hydrogens (tertiary/aromatic N) is 1. The lowest BCUT2D eigenvalue weighted by molar-refractivity contribution is 1.41. The number of aromatic nitrogens is 1. The second-order valence-electron chi connectivity index (χ2n) is 2.66. The number of hydrogen-bond donors (Lipinski definition) is 1. The van der Waals surface area contributed by atoms with Crippen LogP contribution in [0.3, 0.4) is 0 Å². The number of hydrogen-bond acceptors (Lipinski definition) is 2. The molecule has 0 aliphatic heterocycles. The van der Waals surface area contributed by atoms with Crippen LogP contribution in [0.4, 0.5) is 5.69 Å². The number of nitrogen functional groups attached to an aromatic ring is 1. The lowest BCUT2D eigenvalue weighted by Gasteiger charge is -2.04. The first-order chi connectivity index (χ1) is 6.20. The quantitative estimate of drug-likeness (QED) is 0.736. The summed E-state index contributed by atoms with van der Waals surface area (Å²) in [6, 6.07) is 5.55. The second kappa shape index (κ2) is 3.16. The Morgan fingerprint density at radius 2 is 2.23 bits per heavy atom. The van der Waals surface area contributed by atoms with Gasteiger partial charge in [0.15, 0.2) is 0 Å². The molecule has 2 N–H and O–H groups in total. The molecular weight excluding hydrogens is 251 g/mol. The van der Waals surface area contributed by atoms with E-state index in [-0.39, 0.29) is 0 Å². The molecule has 2 nitrogen and oxygen atoms in total. The molecule has 0 saturated carbocycles. The van der Waals surface area contributed by atoms with Crippen molar-refractivity contribution >= 4 is 44.1 Å². The summed E-state index contributed by atoms with van der Waals surface area (Å²) in [5, 5.41) is 1.50. The van der Waals surface area contributed by atoms with E-state index in [9.17, 15) is 0 Å². The van der Waals surface area contributed by atoms with Crippen molar-refractivity contribution in [3.8, 4) is 0 Å². The summed E-state index contributed by atoms with van der Waals surface area (Å²) in [5.41, 5.74) is 7.30. The monoisotopic (exact) mass is 256 g/mol. The second-order valence-corrected chi connectivity index (χ2v) is 3.86. The van der Waals surface area contributed by atoms with Gasteiger partial charge in [0.1, 0.15) is 0 Å². The summed E-state index contributed by atoms with van der Waals surface area (Å²) >= 11 is 9.24. The molecule has 0 amide bonds. The van der Waals surface area contributed by atoms with Crippen molar-refractivity contribution in [1.82, 2.24) is 4.98 Å². The lowest BCUT2D eigenvalue weighted by Crippen LogP contribution is -1.90. The van der Waals surface area contributed by atoms with Crippen molar-refractivity contribution in [2.24, 2.45) is 0 Å². The Labute approximate surface area is 88.8 Å². The zero-order chi connectivity index (χ0) is 9.42. The third-order valence-corrected chi connectivity index (χ3v) is 3.22. The normalized spacial score (nSPS) is 10.6. The molecule has 0 aliphatic carbocycles. The van der Waals surface area contributed by atoms with E-state index >= 15 is 0 Å². The van der Waals surface area contributed by atoms with Crippen LogP contribution in [-0.4, -0.2) is 4.98 Å². The molecule has 4 heteroatoms. The van der Waals surface area contributed by atoms with Crippen LogP contribution in [0.15, 0.2) is 28.9 Å². The molecule has 0 saturated heterocycles. The fourth-order valence-corrected chi connectivity index (χ4v) is 1.72.